The maximum absolute atomic E-state index is 12.3. The maximum Gasteiger partial charge on any atom is 0.222 e. The molecule has 0 aliphatic carbocycles. The molecule has 0 saturated heterocycles. The smallest absolute Gasteiger partial charge is 0.222 e. The van der Waals surface area contributed by atoms with Crippen LogP contribution in [-0.4, -0.2) is 36.0 Å². The number of H-pyrrole nitrogens is 1. The summed E-state index contributed by atoms with van der Waals surface area (Å²) in [4.78, 5) is 17.3. The minimum absolute atomic E-state index is 0.129. The summed E-state index contributed by atoms with van der Waals surface area (Å²) in [7, 11) is 1.82. The molecule has 2 aromatic carbocycles. The largest absolute Gasteiger partial charge is 0.492 e. The number of benzene rings is 2. The number of fused-ring (bicyclic) bond motifs is 1. The quantitative estimate of drug-likeness (QED) is 0.638. The molecule has 1 amide bonds. The predicted molar refractivity (Wildman–Crippen MR) is 104 cm³/mol. The molecule has 3 aromatic rings. The third-order valence-electron chi connectivity index (χ3n) is 4.22. The fraction of sp³-hybridized carbons (Fsp3) is 0.250. The van der Waals surface area contributed by atoms with E-state index in [0.29, 0.717) is 19.6 Å². The molecule has 0 unspecified atom stereocenters. The lowest BCUT2D eigenvalue weighted by Crippen LogP contribution is -2.31. The Morgan fingerprint density at radius 3 is 2.72 bits per heavy atom. The van der Waals surface area contributed by atoms with Crippen molar-refractivity contribution < 1.29 is 9.53 Å². The zero-order valence-electron chi connectivity index (χ0n) is 14.2. The Kier molecular flexibility index (Phi) is 5.76. The van der Waals surface area contributed by atoms with Crippen molar-refractivity contribution in [2.24, 2.45) is 0 Å². The van der Waals surface area contributed by atoms with Crippen molar-refractivity contribution in [2.75, 3.05) is 20.2 Å². The number of rotatable bonds is 7. The first-order valence-corrected chi connectivity index (χ1v) is 9.10. The fourth-order valence-electron chi connectivity index (χ4n) is 2.73. The van der Waals surface area contributed by atoms with Crippen LogP contribution in [0.4, 0.5) is 0 Å². The molecule has 0 bridgehead atoms. The van der Waals surface area contributed by atoms with Gasteiger partial charge in [-0.25, -0.2) is 0 Å². The number of hydrogen-bond acceptors (Lipinski definition) is 2. The molecule has 0 spiro atoms. The Morgan fingerprint density at radius 1 is 1.16 bits per heavy atom. The van der Waals surface area contributed by atoms with Crippen LogP contribution < -0.4 is 4.74 Å². The molecule has 0 aliphatic heterocycles. The Morgan fingerprint density at radius 2 is 1.92 bits per heavy atom. The number of aromatic amines is 1. The minimum atomic E-state index is 0.129. The second-order valence-electron chi connectivity index (χ2n) is 5.98. The van der Waals surface area contributed by atoms with Gasteiger partial charge < -0.3 is 14.6 Å². The lowest BCUT2D eigenvalue weighted by atomic mass is 10.1. The molecule has 0 radical (unpaired) electrons. The van der Waals surface area contributed by atoms with Crippen molar-refractivity contribution in [3.8, 4) is 5.75 Å². The highest BCUT2D eigenvalue weighted by molar-refractivity contribution is 9.10. The Labute approximate surface area is 155 Å². The highest BCUT2D eigenvalue weighted by atomic mass is 79.9. The second-order valence-corrected chi connectivity index (χ2v) is 6.89. The number of aromatic nitrogens is 1. The second kappa shape index (κ2) is 8.21. The highest BCUT2D eigenvalue weighted by Gasteiger charge is 2.11. The maximum atomic E-state index is 12.3. The number of aryl methyl sites for hydroxylation is 1. The number of halogens is 1. The van der Waals surface area contributed by atoms with E-state index >= 15 is 0 Å². The summed E-state index contributed by atoms with van der Waals surface area (Å²) in [5.74, 6) is 0.938. The zero-order valence-corrected chi connectivity index (χ0v) is 15.8. The lowest BCUT2D eigenvalue weighted by molar-refractivity contribution is -0.130. The van der Waals surface area contributed by atoms with Crippen molar-refractivity contribution in [3.63, 3.8) is 0 Å². The van der Waals surface area contributed by atoms with E-state index in [-0.39, 0.29) is 5.91 Å². The molecular weight excluding hydrogens is 380 g/mol. The van der Waals surface area contributed by atoms with Gasteiger partial charge in [-0.15, -0.1) is 0 Å². The van der Waals surface area contributed by atoms with E-state index in [9.17, 15) is 4.79 Å². The van der Waals surface area contributed by atoms with Crippen LogP contribution in [0.2, 0.25) is 0 Å². The van der Waals surface area contributed by atoms with Gasteiger partial charge in [-0.1, -0.05) is 34.1 Å². The molecular formula is C20H21BrN2O2. The average molecular weight is 401 g/mol. The Hall–Kier alpha value is -2.27. The molecule has 130 valence electrons. The van der Waals surface area contributed by atoms with E-state index in [4.69, 9.17) is 4.74 Å². The first-order valence-electron chi connectivity index (χ1n) is 8.31. The number of carbonyl (C=O) groups is 1. The van der Waals surface area contributed by atoms with Gasteiger partial charge in [0.05, 0.1) is 6.54 Å². The van der Waals surface area contributed by atoms with Gasteiger partial charge in [0.25, 0.3) is 0 Å². The monoisotopic (exact) mass is 400 g/mol. The van der Waals surface area contributed by atoms with E-state index < -0.39 is 0 Å². The number of nitrogens with one attached hydrogen (secondary N) is 1. The van der Waals surface area contributed by atoms with Gasteiger partial charge in [0, 0.05) is 35.0 Å². The SMILES string of the molecule is CN(CCOc1ccc(Br)cc1)C(=O)CCc1c[nH]c2ccccc12. The molecule has 25 heavy (non-hydrogen) atoms. The van der Waals surface area contributed by atoms with E-state index in [2.05, 4.69) is 27.0 Å². The van der Waals surface area contributed by atoms with E-state index in [1.807, 2.05) is 55.7 Å². The van der Waals surface area contributed by atoms with Gasteiger partial charge in [0.15, 0.2) is 0 Å². The third kappa shape index (κ3) is 4.63. The Balaban J connectivity index is 1.45. The first kappa shape index (κ1) is 17.5. The average Bonchev–Trinajstić information content (AvgIpc) is 3.04. The van der Waals surface area contributed by atoms with Gasteiger partial charge >= 0.3 is 0 Å². The van der Waals surface area contributed by atoms with Crippen LogP contribution in [0.3, 0.4) is 0 Å². The van der Waals surface area contributed by atoms with Crippen molar-refractivity contribution in [1.82, 2.24) is 9.88 Å². The molecule has 1 N–H and O–H groups in total. The van der Waals surface area contributed by atoms with Crippen LogP contribution in [0.5, 0.6) is 5.75 Å². The molecule has 0 atom stereocenters. The summed E-state index contributed by atoms with van der Waals surface area (Å²) in [6.45, 7) is 1.06. The molecule has 0 fully saturated rings. The number of nitrogens with zero attached hydrogens (tertiary/aromatic N) is 1. The van der Waals surface area contributed by atoms with Crippen LogP contribution in [-0.2, 0) is 11.2 Å². The third-order valence-corrected chi connectivity index (χ3v) is 4.75. The van der Waals surface area contributed by atoms with E-state index in [1.54, 1.807) is 4.90 Å². The highest BCUT2D eigenvalue weighted by Crippen LogP contribution is 2.19. The Bertz CT molecular complexity index is 842. The summed E-state index contributed by atoms with van der Waals surface area (Å²) in [6.07, 6.45) is 3.23. The zero-order chi connectivity index (χ0) is 17.6. The normalized spacial score (nSPS) is 10.8. The van der Waals surface area contributed by atoms with Gasteiger partial charge in [-0.2, -0.15) is 0 Å². The standard InChI is InChI=1S/C20H21BrN2O2/c1-23(12-13-25-17-9-7-16(21)8-10-17)20(24)11-6-15-14-22-19-5-3-2-4-18(15)19/h2-5,7-10,14,22H,6,11-13H2,1H3. The van der Waals surface area contributed by atoms with Gasteiger partial charge in [-0.05, 0) is 42.3 Å². The first-order chi connectivity index (χ1) is 12.1. The fourth-order valence-corrected chi connectivity index (χ4v) is 2.99. The number of ether oxygens (including phenoxy) is 1. The number of amides is 1. The molecule has 1 aromatic heterocycles. The lowest BCUT2D eigenvalue weighted by Gasteiger charge is -2.17. The topological polar surface area (TPSA) is 45.3 Å². The summed E-state index contributed by atoms with van der Waals surface area (Å²) in [5.41, 5.74) is 2.30. The van der Waals surface area contributed by atoms with Crippen molar-refractivity contribution in [3.05, 3.63) is 64.8 Å². The number of likely N-dealkylation sites (N-methyl/N-ethyl adjacent to an activating group) is 1. The molecule has 3 rings (SSSR count). The summed E-state index contributed by atoms with van der Waals surface area (Å²) >= 11 is 3.39. The van der Waals surface area contributed by atoms with Crippen LogP contribution in [0.15, 0.2) is 59.2 Å². The van der Waals surface area contributed by atoms with Crippen molar-refractivity contribution in [1.29, 1.82) is 0 Å². The summed E-state index contributed by atoms with van der Waals surface area (Å²) in [6, 6.07) is 15.8. The minimum Gasteiger partial charge on any atom is -0.492 e. The van der Waals surface area contributed by atoms with Crippen LogP contribution >= 0.6 is 15.9 Å². The summed E-state index contributed by atoms with van der Waals surface area (Å²) in [5, 5.41) is 1.19. The predicted octanol–water partition coefficient (Wildman–Crippen LogP) is 4.40. The van der Waals surface area contributed by atoms with Gasteiger partial charge in [0.1, 0.15) is 12.4 Å². The molecule has 5 heteroatoms. The van der Waals surface area contributed by atoms with Crippen LogP contribution in [0, 0.1) is 0 Å². The molecule has 0 saturated carbocycles. The van der Waals surface area contributed by atoms with Crippen LogP contribution in [0.25, 0.3) is 10.9 Å². The molecule has 1 heterocycles. The van der Waals surface area contributed by atoms with Crippen molar-refractivity contribution >= 4 is 32.7 Å². The van der Waals surface area contributed by atoms with E-state index in [1.165, 1.54) is 10.9 Å². The van der Waals surface area contributed by atoms with Gasteiger partial charge in [-0.3, -0.25) is 4.79 Å². The molecule has 4 nitrogen and oxygen atoms in total. The van der Waals surface area contributed by atoms with Crippen molar-refractivity contribution in [2.45, 2.75) is 12.8 Å². The van der Waals surface area contributed by atoms with Gasteiger partial charge in [0.2, 0.25) is 5.91 Å². The molecule has 0 aliphatic rings. The summed E-state index contributed by atoms with van der Waals surface area (Å²) < 4.78 is 6.69. The number of para-hydroxylation sites is 1. The number of carbonyl (C=O) groups excluding carboxylic acids is 1. The van der Waals surface area contributed by atoms with E-state index in [0.717, 1.165) is 22.2 Å². The van der Waals surface area contributed by atoms with Crippen LogP contribution in [0.1, 0.15) is 12.0 Å². The number of hydrogen-bond donors (Lipinski definition) is 1.